The Morgan fingerprint density at radius 3 is 2.85 bits per heavy atom. The zero-order valence-electron chi connectivity index (χ0n) is 9.16. The Bertz CT molecular complexity index is 149. The second-order valence-electron chi connectivity index (χ2n) is 4.46. The van der Waals surface area contributed by atoms with Gasteiger partial charge in [0, 0.05) is 12.6 Å². The number of rotatable bonds is 3. The van der Waals surface area contributed by atoms with Gasteiger partial charge in [-0.25, -0.2) is 0 Å². The molecular weight excluding hydrogens is 162 g/mol. The molecule has 3 atom stereocenters. The Morgan fingerprint density at radius 2 is 2.23 bits per heavy atom. The third-order valence-electron chi connectivity index (χ3n) is 3.32. The zero-order valence-corrected chi connectivity index (χ0v) is 9.16. The molecule has 0 radical (unpaired) electrons. The molecule has 3 unspecified atom stereocenters. The Hall–Kier alpha value is -0.0800. The van der Waals surface area contributed by atoms with Crippen LogP contribution < -0.4 is 0 Å². The summed E-state index contributed by atoms with van der Waals surface area (Å²) < 4.78 is 0. The quantitative estimate of drug-likeness (QED) is 0.725. The lowest BCUT2D eigenvalue weighted by molar-refractivity contribution is 0.0131. The standard InChI is InChI=1S/C11H23NO/c1-4-9(2)8-12-7-5-6-11(13)10(12)3/h9-11,13H,4-8H2,1-3H3. The zero-order chi connectivity index (χ0) is 9.84. The number of likely N-dealkylation sites (tertiary alicyclic amines) is 1. The van der Waals surface area contributed by atoms with Crippen molar-refractivity contribution in [3.05, 3.63) is 0 Å². The van der Waals surface area contributed by atoms with Crippen LogP contribution in [0, 0.1) is 5.92 Å². The van der Waals surface area contributed by atoms with E-state index in [-0.39, 0.29) is 6.10 Å². The first-order chi connectivity index (χ1) is 6.15. The average molecular weight is 185 g/mol. The fraction of sp³-hybridized carbons (Fsp3) is 1.00. The third kappa shape index (κ3) is 2.96. The smallest absolute Gasteiger partial charge is 0.0693 e. The highest BCUT2D eigenvalue weighted by Gasteiger charge is 2.26. The number of hydrogen-bond donors (Lipinski definition) is 1. The van der Waals surface area contributed by atoms with Gasteiger partial charge >= 0.3 is 0 Å². The monoisotopic (exact) mass is 185 g/mol. The van der Waals surface area contributed by atoms with Gasteiger partial charge in [-0.05, 0) is 32.2 Å². The van der Waals surface area contributed by atoms with Crippen LogP contribution in [0.2, 0.25) is 0 Å². The Kier molecular flexibility index (Phi) is 4.20. The number of piperidine rings is 1. The summed E-state index contributed by atoms with van der Waals surface area (Å²) in [5.74, 6) is 0.757. The summed E-state index contributed by atoms with van der Waals surface area (Å²) in [6.07, 6.45) is 3.28. The molecule has 1 N–H and O–H groups in total. The summed E-state index contributed by atoms with van der Waals surface area (Å²) in [5.41, 5.74) is 0. The maximum atomic E-state index is 9.69. The lowest BCUT2D eigenvalue weighted by Gasteiger charge is -2.38. The van der Waals surface area contributed by atoms with E-state index in [0.717, 1.165) is 25.3 Å². The molecule has 0 bridgehead atoms. The number of nitrogens with zero attached hydrogens (tertiary/aromatic N) is 1. The minimum absolute atomic E-state index is 0.0993. The molecule has 1 heterocycles. The molecule has 0 amide bonds. The van der Waals surface area contributed by atoms with E-state index in [9.17, 15) is 5.11 Å². The molecule has 1 aliphatic rings. The molecule has 1 fully saturated rings. The molecule has 1 aliphatic heterocycles. The van der Waals surface area contributed by atoms with Gasteiger partial charge in [0.1, 0.15) is 0 Å². The van der Waals surface area contributed by atoms with Gasteiger partial charge in [0.15, 0.2) is 0 Å². The Labute approximate surface area is 81.9 Å². The second kappa shape index (κ2) is 4.97. The van der Waals surface area contributed by atoms with E-state index in [4.69, 9.17) is 0 Å². The van der Waals surface area contributed by atoms with Gasteiger partial charge in [-0.2, -0.15) is 0 Å². The molecule has 2 heteroatoms. The van der Waals surface area contributed by atoms with E-state index in [1.54, 1.807) is 0 Å². The molecule has 13 heavy (non-hydrogen) atoms. The maximum Gasteiger partial charge on any atom is 0.0693 e. The predicted molar refractivity (Wildman–Crippen MR) is 55.7 cm³/mol. The van der Waals surface area contributed by atoms with E-state index >= 15 is 0 Å². The van der Waals surface area contributed by atoms with Crippen LogP contribution in [-0.2, 0) is 0 Å². The van der Waals surface area contributed by atoms with Gasteiger partial charge in [-0.3, -0.25) is 4.90 Å². The largest absolute Gasteiger partial charge is 0.392 e. The fourth-order valence-electron chi connectivity index (χ4n) is 1.98. The maximum absolute atomic E-state index is 9.69. The molecular formula is C11H23NO. The van der Waals surface area contributed by atoms with Gasteiger partial charge in [0.2, 0.25) is 0 Å². The first-order valence-corrected chi connectivity index (χ1v) is 5.57. The summed E-state index contributed by atoms with van der Waals surface area (Å²) >= 11 is 0. The lowest BCUT2D eigenvalue weighted by atomic mass is 9.98. The van der Waals surface area contributed by atoms with Crippen molar-refractivity contribution in [1.29, 1.82) is 0 Å². The fourth-order valence-corrected chi connectivity index (χ4v) is 1.98. The Balaban J connectivity index is 2.39. The van der Waals surface area contributed by atoms with E-state index in [0.29, 0.717) is 6.04 Å². The molecule has 1 saturated heterocycles. The van der Waals surface area contributed by atoms with E-state index in [1.165, 1.54) is 13.0 Å². The van der Waals surface area contributed by atoms with Gasteiger partial charge < -0.3 is 5.11 Å². The van der Waals surface area contributed by atoms with Crippen LogP contribution in [0.15, 0.2) is 0 Å². The average Bonchev–Trinajstić information content (AvgIpc) is 2.13. The van der Waals surface area contributed by atoms with Crippen molar-refractivity contribution >= 4 is 0 Å². The first-order valence-electron chi connectivity index (χ1n) is 5.57. The minimum atomic E-state index is -0.0993. The summed E-state index contributed by atoms with van der Waals surface area (Å²) in [4.78, 5) is 2.43. The molecule has 0 aromatic heterocycles. The third-order valence-corrected chi connectivity index (χ3v) is 3.32. The SMILES string of the molecule is CCC(C)CN1CCCC(O)C1C. The predicted octanol–water partition coefficient (Wildman–Crippen LogP) is 1.88. The van der Waals surface area contributed by atoms with Gasteiger partial charge in [-0.1, -0.05) is 20.3 Å². The van der Waals surface area contributed by atoms with Crippen molar-refractivity contribution in [2.75, 3.05) is 13.1 Å². The first kappa shape index (κ1) is 11.0. The van der Waals surface area contributed by atoms with Crippen LogP contribution in [-0.4, -0.2) is 35.2 Å². The van der Waals surface area contributed by atoms with Crippen molar-refractivity contribution in [1.82, 2.24) is 4.90 Å². The van der Waals surface area contributed by atoms with E-state index < -0.39 is 0 Å². The van der Waals surface area contributed by atoms with E-state index in [1.807, 2.05) is 0 Å². The molecule has 0 aliphatic carbocycles. The minimum Gasteiger partial charge on any atom is -0.392 e. The summed E-state index contributed by atoms with van der Waals surface area (Å²) in [6, 6.07) is 0.364. The summed E-state index contributed by atoms with van der Waals surface area (Å²) in [5, 5.41) is 9.69. The molecule has 0 spiro atoms. The molecule has 0 aromatic rings. The van der Waals surface area contributed by atoms with Crippen molar-refractivity contribution in [2.45, 2.75) is 52.2 Å². The van der Waals surface area contributed by atoms with Crippen LogP contribution in [0.4, 0.5) is 0 Å². The Morgan fingerprint density at radius 1 is 1.54 bits per heavy atom. The summed E-state index contributed by atoms with van der Waals surface area (Å²) in [6.45, 7) is 8.98. The lowest BCUT2D eigenvalue weighted by Crippen LogP contribution is -2.47. The molecule has 78 valence electrons. The van der Waals surface area contributed by atoms with Gasteiger partial charge in [0.05, 0.1) is 6.10 Å². The van der Waals surface area contributed by atoms with Crippen molar-refractivity contribution in [3.8, 4) is 0 Å². The molecule has 2 nitrogen and oxygen atoms in total. The highest BCUT2D eigenvalue weighted by Crippen LogP contribution is 2.19. The molecule has 0 saturated carbocycles. The number of aliphatic hydroxyl groups excluding tert-OH is 1. The number of hydrogen-bond acceptors (Lipinski definition) is 2. The van der Waals surface area contributed by atoms with Crippen LogP contribution in [0.3, 0.4) is 0 Å². The second-order valence-corrected chi connectivity index (χ2v) is 4.46. The highest BCUT2D eigenvalue weighted by molar-refractivity contribution is 4.81. The van der Waals surface area contributed by atoms with Crippen molar-refractivity contribution in [2.24, 2.45) is 5.92 Å². The topological polar surface area (TPSA) is 23.5 Å². The van der Waals surface area contributed by atoms with Crippen LogP contribution in [0.1, 0.15) is 40.0 Å². The highest BCUT2D eigenvalue weighted by atomic mass is 16.3. The van der Waals surface area contributed by atoms with Gasteiger partial charge in [-0.15, -0.1) is 0 Å². The number of aliphatic hydroxyl groups is 1. The van der Waals surface area contributed by atoms with Gasteiger partial charge in [0.25, 0.3) is 0 Å². The molecule has 1 rings (SSSR count). The van der Waals surface area contributed by atoms with Crippen LogP contribution in [0.5, 0.6) is 0 Å². The normalized spacial score (nSPS) is 33.2. The van der Waals surface area contributed by atoms with Crippen LogP contribution >= 0.6 is 0 Å². The van der Waals surface area contributed by atoms with Crippen LogP contribution in [0.25, 0.3) is 0 Å². The van der Waals surface area contributed by atoms with E-state index in [2.05, 4.69) is 25.7 Å². The van der Waals surface area contributed by atoms with Crippen molar-refractivity contribution < 1.29 is 5.11 Å². The summed E-state index contributed by atoms with van der Waals surface area (Å²) in [7, 11) is 0. The molecule has 0 aromatic carbocycles. The van der Waals surface area contributed by atoms with Crippen molar-refractivity contribution in [3.63, 3.8) is 0 Å².